The summed E-state index contributed by atoms with van der Waals surface area (Å²) in [5, 5.41) is 0. The van der Waals surface area contributed by atoms with Crippen LogP contribution in [0.2, 0.25) is 0 Å². The van der Waals surface area contributed by atoms with Crippen LogP contribution in [0.3, 0.4) is 0 Å². The molecule has 1 aliphatic heterocycles. The van der Waals surface area contributed by atoms with Crippen LogP contribution in [0.4, 0.5) is 0 Å². The summed E-state index contributed by atoms with van der Waals surface area (Å²) >= 11 is 0. The summed E-state index contributed by atoms with van der Waals surface area (Å²) in [6.45, 7) is 5.74. The second kappa shape index (κ2) is 5.14. The first-order valence-electron chi connectivity index (χ1n) is 7.21. The number of hydrogen-bond donors (Lipinski definition) is 0. The van der Waals surface area contributed by atoms with Crippen molar-refractivity contribution < 1.29 is 14.3 Å². The van der Waals surface area contributed by atoms with Crippen molar-refractivity contribution in [2.75, 3.05) is 20.2 Å². The van der Waals surface area contributed by atoms with Crippen molar-refractivity contribution >= 4 is 11.9 Å². The molecular weight excluding hydrogens is 242 g/mol. The van der Waals surface area contributed by atoms with Crippen molar-refractivity contribution in [1.82, 2.24) is 4.90 Å². The van der Waals surface area contributed by atoms with E-state index in [0.29, 0.717) is 18.3 Å². The summed E-state index contributed by atoms with van der Waals surface area (Å²) in [7, 11) is 1.39. The van der Waals surface area contributed by atoms with Crippen molar-refractivity contribution in [2.24, 2.45) is 10.8 Å². The van der Waals surface area contributed by atoms with Gasteiger partial charge in [-0.1, -0.05) is 20.3 Å². The molecule has 2 rings (SSSR count). The SMILES string of the molecule is COC(=O)CC(C)(C)CC(=O)N1CCC2(CCC2)C1. The van der Waals surface area contributed by atoms with Crippen molar-refractivity contribution in [2.45, 2.75) is 52.4 Å². The summed E-state index contributed by atoms with van der Waals surface area (Å²) in [5.41, 5.74) is 0.127. The minimum atomic E-state index is -0.320. The molecule has 0 bridgehead atoms. The van der Waals surface area contributed by atoms with Gasteiger partial charge in [0.15, 0.2) is 0 Å². The highest BCUT2D eigenvalue weighted by Crippen LogP contribution is 2.48. The van der Waals surface area contributed by atoms with E-state index in [-0.39, 0.29) is 17.3 Å². The van der Waals surface area contributed by atoms with E-state index in [1.165, 1.54) is 26.4 Å². The van der Waals surface area contributed by atoms with Crippen molar-refractivity contribution in [1.29, 1.82) is 0 Å². The molecule has 0 radical (unpaired) electrons. The second-order valence-electron chi connectivity index (χ2n) is 7.01. The monoisotopic (exact) mass is 267 g/mol. The first-order valence-corrected chi connectivity index (χ1v) is 7.21. The molecule has 0 aromatic rings. The van der Waals surface area contributed by atoms with Gasteiger partial charge in [0, 0.05) is 19.5 Å². The van der Waals surface area contributed by atoms with Crippen LogP contribution in [0.25, 0.3) is 0 Å². The molecule has 1 spiro atoms. The van der Waals surface area contributed by atoms with Crippen molar-refractivity contribution in [3.8, 4) is 0 Å². The summed E-state index contributed by atoms with van der Waals surface area (Å²) < 4.78 is 4.69. The predicted molar refractivity (Wildman–Crippen MR) is 72.5 cm³/mol. The Bertz CT molecular complexity index is 372. The van der Waals surface area contributed by atoms with Gasteiger partial charge in [-0.05, 0) is 30.1 Å². The summed E-state index contributed by atoms with van der Waals surface area (Å²) in [4.78, 5) is 25.7. The molecule has 2 fully saturated rings. The molecule has 108 valence electrons. The highest BCUT2D eigenvalue weighted by molar-refractivity contribution is 5.78. The average Bonchev–Trinajstić information content (AvgIpc) is 2.72. The van der Waals surface area contributed by atoms with Gasteiger partial charge in [-0.25, -0.2) is 0 Å². The number of esters is 1. The standard InChI is InChI=1S/C15H25NO3/c1-14(2,10-13(18)19-3)9-12(17)16-8-7-15(11-16)5-4-6-15/h4-11H2,1-3H3. The zero-order valence-corrected chi connectivity index (χ0v) is 12.3. The summed E-state index contributed by atoms with van der Waals surface area (Å²) in [6.07, 6.45) is 5.77. The van der Waals surface area contributed by atoms with Crippen LogP contribution in [0.1, 0.15) is 52.4 Å². The van der Waals surface area contributed by atoms with E-state index in [1.54, 1.807) is 0 Å². The molecule has 1 amide bonds. The van der Waals surface area contributed by atoms with Gasteiger partial charge in [-0.15, -0.1) is 0 Å². The molecule has 19 heavy (non-hydrogen) atoms. The fraction of sp³-hybridized carbons (Fsp3) is 0.867. The lowest BCUT2D eigenvalue weighted by Gasteiger charge is -2.38. The smallest absolute Gasteiger partial charge is 0.306 e. The molecule has 4 nitrogen and oxygen atoms in total. The minimum absolute atomic E-state index is 0.192. The van der Waals surface area contributed by atoms with E-state index in [0.717, 1.165) is 19.5 Å². The number of ether oxygens (including phenoxy) is 1. The fourth-order valence-electron chi connectivity index (χ4n) is 3.28. The van der Waals surface area contributed by atoms with Gasteiger partial charge in [0.25, 0.3) is 0 Å². The molecule has 0 N–H and O–H groups in total. The largest absolute Gasteiger partial charge is 0.469 e. The van der Waals surface area contributed by atoms with Gasteiger partial charge in [0.1, 0.15) is 0 Å². The predicted octanol–water partition coefficient (Wildman–Crippen LogP) is 2.37. The lowest BCUT2D eigenvalue weighted by molar-refractivity contribution is -0.143. The quantitative estimate of drug-likeness (QED) is 0.735. The Labute approximate surface area is 115 Å². The van der Waals surface area contributed by atoms with Gasteiger partial charge >= 0.3 is 5.97 Å². The minimum Gasteiger partial charge on any atom is -0.469 e. The van der Waals surface area contributed by atoms with E-state index < -0.39 is 0 Å². The number of carbonyl (C=O) groups is 2. The average molecular weight is 267 g/mol. The first-order chi connectivity index (χ1) is 8.86. The Balaban J connectivity index is 1.85. The number of methoxy groups -OCH3 is 1. The number of nitrogens with zero attached hydrogens (tertiary/aromatic N) is 1. The van der Waals surface area contributed by atoms with E-state index in [4.69, 9.17) is 0 Å². The van der Waals surface area contributed by atoms with Crippen molar-refractivity contribution in [3.63, 3.8) is 0 Å². The normalized spacial score (nSPS) is 21.3. The van der Waals surface area contributed by atoms with E-state index in [9.17, 15) is 9.59 Å². The Morgan fingerprint density at radius 1 is 1.21 bits per heavy atom. The van der Waals surface area contributed by atoms with Gasteiger partial charge in [0.05, 0.1) is 13.5 Å². The van der Waals surface area contributed by atoms with Gasteiger partial charge < -0.3 is 9.64 Å². The van der Waals surface area contributed by atoms with Crippen LogP contribution in [-0.2, 0) is 14.3 Å². The molecule has 1 heterocycles. The lowest BCUT2D eigenvalue weighted by Crippen LogP contribution is -2.37. The topological polar surface area (TPSA) is 46.6 Å². The van der Waals surface area contributed by atoms with Crippen LogP contribution in [0, 0.1) is 10.8 Å². The molecular formula is C15H25NO3. The zero-order valence-electron chi connectivity index (χ0n) is 12.3. The third-order valence-corrected chi connectivity index (χ3v) is 4.69. The molecule has 1 aliphatic carbocycles. The molecule has 0 aromatic heterocycles. The highest BCUT2D eigenvalue weighted by atomic mass is 16.5. The van der Waals surface area contributed by atoms with Crippen LogP contribution in [0.5, 0.6) is 0 Å². The van der Waals surface area contributed by atoms with Crippen LogP contribution >= 0.6 is 0 Å². The van der Waals surface area contributed by atoms with E-state index in [1.807, 2.05) is 18.7 Å². The van der Waals surface area contributed by atoms with E-state index in [2.05, 4.69) is 4.74 Å². The third-order valence-electron chi connectivity index (χ3n) is 4.69. The number of rotatable bonds is 4. The van der Waals surface area contributed by atoms with Crippen LogP contribution in [0.15, 0.2) is 0 Å². The Kier molecular flexibility index (Phi) is 3.88. The first kappa shape index (κ1) is 14.4. The molecule has 1 saturated heterocycles. The number of hydrogen-bond acceptors (Lipinski definition) is 3. The molecule has 1 saturated carbocycles. The highest BCUT2D eigenvalue weighted by Gasteiger charge is 2.44. The maximum atomic E-state index is 12.3. The molecule has 4 heteroatoms. The molecule has 2 aliphatic rings. The summed E-state index contributed by atoms with van der Waals surface area (Å²) in [6, 6.07) is 0. The molecule has 0 aromatic carbocycles. The number of likely N-dealkylation sites (tertiary alicyclic amines) is 1. The van der Waals surface area contributed by atoms with Gasteiger partial charge in [-0.2, -0.15) is 0 Å². The second-order valence-corrected chi connectivity index (χ2v) is 7.01. The Hall–Kier alpha value is -1.06. The van der Waals surface area contributed by atoms with Crippen LogP contribution < -0.4 is 0 Å². The lowest BCUT2D eigenvalue weighted by atomic mass is 9.68. The summed E-state index contributed by atoms with van der Waals surface area (Å²) in [5.74, 6) is -0.0487. The van der Waals surface area contributed by atoms with Crippen molar-refractivity contribution in [3.05, 3.63) is 0 Å². The van der Waals surface area contributed by atoms with Gasteiger partial charge in [-0.3, -0.25) is 9.59 Å². The van der Waals surface area contributed by atoms with Crippen LogP contribution in [-0.4, -0.2) is 37.0 Å². The van der Waals surface area contributed by atoms with E-state index >= 15 is 0 Å². The zero-order chi connectivity index (χ0) is 14.1. The maximum Gasteiger partial charge on any atom is 0.306 e. The Morgan fingerprint density at radius 3 is 2.37 bits per heavy atom. The molecule has 0 unspecified atom stereocenters. The third kappa shape index (κ3) is 3.28. The molecule has 0 atom stereocenters. The fourth-order valence-corrected chi connectivity index (χ4v) is 3.28. The van der Waals surface area contributed by atoms with Gasteiger partial charge in [0.2, 0.25) is 5.91 Å². The number of amides is 1. The maximum absolute atomic E-state index is 12.3. The number of carbonyl (C=O) groups excluding carboxylic acids is 2. The Morgan fingerprint density at radius 2 is 1.89 bits per heavy atom.